The lowest BCUT2D eigenvalue weighted by Gasteiger charge is -2.11. The first kappa shape index (κ1) is 12.9. The van der Waals surface area contributed by atoms with E-state index in [1.165, 1.54) is 6.20 Å². The fourth-order valence-electron chi connectivity index (χ4n) is 2.17. The van der Waals surface area contributed by atoms with E-state index in [1.54, 1.807) is 4.68 Å². The van der Waals surface area contributed by atoms with Crippen molar-refractivity contribution in [3.05, 3.63) is 68.9 Å². The van der Waals surface area contributed by atoms with Crippen molar-refractivity contribution < 1.29 is 0 Å². The summed E-state index contributed by atoms with van der Waals surface area (Å²) in [6.45, 7) is 0.548. The molecular weight excluding hydrogens is 318 g/mol. The maximum Gasteiger partial charge on any atom is 0.207 e. The van der Waals surface area contributed by atoms with Crippen molar-refractivity contribution in [2.24, 2.45) is 0 Å². The molecule has 20 heavy (non-hydrogen) atoms. The molecule has 2 N–H and O–H groups in total. The second-order valence-corrected chi connectivity index (χ2v) is 5.30. The van der Waals surface area contributed by atoms with Gasteiger partial charge in [-0.15, -0.1) is 0 Å². The van der Waals surface area contributed by atoms with Gasteiger partial charge in [-0.1, -0.05) is 24.3 Å². The third-order valence-corrected chi connectivity index (χ3v) is 4.16. The minimum absolute atomic E-state index is 0.0662. The van der Waals surface area contributed by atoms with Crippen LogP contribution in [0.25, 0.3) is 10.9 Å². The maximum absolute atomic E-state index is 11.8. The Bertz CT molecular complexity index is 842. The fraction of sp³-hybridized carbons (Fsp3) is 0.0667. The van der Waals surface area contributed by atoms with Crippen LogP contribution >= 0.6 is 15.9 Å². The van der Waals surface area contributed by atoms with E-state index in [-0.39, 0.29) is 5.43 Å². The van der Waals surface area contributed by atoms with Gasteiger partial charge in [0.1, 0.15) is 0 Å². The Morgan fingerprint density at radius 2 is 1.95 bits per heavy atom. The van der Waals surface area contributed by atoms with E-state index in [0.717, 1.165) is 15.6 Å². The minimum Gasteiger partial charge on any atom is -0.398 e. The van der Waals surface area contributed by atoms with Crippen molar-refractivity contribution >= 4 is 32.5 Å². The number of anilines is 1. The molecular formula is C15H12BrN3O. The zero-order valence-electron chi connectivity index (χ0n) is 10.6. The van der Waals surface area contributed by atoms with Crippen LogP contribution in [0.2, 0.25) is 0 Å². The van der Waals surface area contributed by atoms with Crippen molar-refractivity contribution in [3.63, 3.8) is 0 Å². The molecule has 0 bridgehead atoms. The fourth-order valence-corrected chi connectivity index (χ4v) is 2.56. The molecule has 0 aliphatic rings. The normalized spacial score (nSPS) is 10.8. The Kier molecular flexibility index (Phi) is 3.28. The van der Waals surface area contributed by atoms with Crippen LogP contribution in [0.1, 0.15) is 5.56 Å². The molecule has 0 radical (unpaired) electrons. The highest BCUT2D eigenvalue weighted by atomic mass is 79.9. The van der Waals surface area contributed by atoms with Gasteiger partial charge >= 0.3 is 0 Å². The number of halogens is 1. The van der Waals surface area contributed by atoms with Crippen LogP contribution in [-0.2, 0) is 6.54 Å². The Balaban J connectivity index is 2.14. The number of hydrogen-bond acceptors (Lipinski definition) is 3. The number of nitrogen functional groups attached to an aromatic ring is 1. The highest BCUT2D eigenvalue weighted by Gasteiger charge is 2.07. The third kappa shape index (κ3) is 2.20. The molecule has 1 heterocycles. The van der Waals surface area contributed by atoms with E-state index in [0.29, 0.717) is 17.6 Å². The van der Waals surface area contributed by atoms with Gasteiger partial charge in [-0.25, -0.2) is 0 Å². The molecule has 0 amide bonds. The largest absolute Gasteiger partial charge is 0.398 e. The summed E-state index contributed by atoms with van der Waals surface area (Å²) in [7, 11) is 0. The van der Waals surface area contributed by atoms with Crippen LogP contribution in [0.3, 0.4) is 0 Å². The number of benzene rings is 2. The summed E-state index contributed by atoms with van der Waals surface area (Å²) in [6, 6.07) is 13.2. The molecule has 2 aromatic carbocycles. The van der Waals surface area contributed by atoms with E-state index in [1.807, 2.05) is 42.5 Å². The van der Waals surface area contributed by atoms with Gasteiger partial charge in [0.25, 0.3) is 0 Å². The lowest BCUT2D eigenvalue weighted by molar-refractivity contribution is 0.693. The SMILES string of the molecule is Nc1cccc(Cn2ncc(=O)c3ccccc32)c1Br. The first-order valence-electron chi connectivity index (χ1n) is 6.14. The Morgan fingerprint density at radius 1 is 1.15 bits per heavy atom. The van der Waals surface area contributed by atoms with Gasteiger partial charge < -0.3 is 5.73 Å². The van der Waals surface area contributed by atoms with Gasteiger partial charge in [0, 0.05) is 15.5 Å². The summed E-state index contributed by atoms with van der Waals surface area (Å²) in [5.41, 5.74) is 8.34. The Labute approximate surface area is 124 Å². The summed E-state index contributed by atoms with van der Waals surface area (Å²) >= 11 is 3.49. The second-order valence-electron chi connectivity index (χ2n) is 4.50. The monoisotopic (exact) mass is 329 g/mol. The molecule has 0 unspecified atom stereocenters. The summed E-state index contributed by atoms with van der Waals surface area (Å²) in [5, 5.41) is 4.88. The summed E-state index contributed by atoms with van der Waals surface area (Å²) in [5.74, 6) is 0. The molecule has 0 aliphatic carbocycles. The lowest BCUT2D eigenvalue weighted by Crippen LogP contribution is -2.13. The number of para-hydroxylation sites is 1. The maximum atomic E-state index is 11.8. The van der Waals surface area contributed by atoms with Gasteiger partial charge in [0.15, 0.2) is 0 Å². The number of hydrogen-bond donors (Lipinski definition) is 1. The van der Waals surface area contributed by atoms with E-state index < -0.39 is 0 Å². The van der Waals surface area contributed by atoms with Crippen LogP contribution < -0.4 is 11.2 Å². The molecule has 4 nitrogen and oxygen atoms in total. The van der Waals surface area contributed by atoms with Crippen LogP contribution in [0, 0.1) is 0 Å². The van der Waals surface area contributed by atoms with E-state index >= 15 is 0 Å². The highest BCUT2D eigenvalue weighted by molar-refractivity contribution is 9.10. The Hall–Kier alpha value is -2.14. The topological polar surface area (TPSA) is 60.9 Å². The zero-order chi connectivity index (χ0) is 14.1. The van der Waals surface area contributed by atoms with Crippen LogP contribution in [0.5, 0.6) is 0 Å². The van der Waals surface area contributed by atoms with Gasteiger partial charge in [0.05, 0.1) is 18.3 Å². The van der Waals surface area contributed by atoms with E-state index in [2.05, 4.69) is 21.0 Å². The molecule has 3 aromatic rings. The summed E-state index contributed by atoms with van der Waals surface area (Å²) in [6.07, 6.45) is 1.35. The van der Waals surface area contributed by atoms with Gasteiger partial charge in [-0.3, -0.25) is 9.48 Å². The molecule has 100 valence electrons. The lowest BCUT2D eigenvalue weighted by atomic mass is 10.2. The summed E-state index contributed by atoms with van der Waals surface area (Å²) < 4.78 is 2.67. The van der Waals surface area contributed by atoms with Gasteiger partial charge in [-0.2, -0.15) is 5.10 Å². The molecule has 0 atom stereocenters. The molecule has 5 heteroatoms. The standard InChI is InChI=1S/C15H12BrN3O/c16-15-10(4-3-6-12(15)17)9-19-13-7-2-1-5-11(13)14(20)8-18-19/h1-8H,9,17H2. The molecule has 0 spiro atoms. The second kappa shape index (κ2) is 5.09. The van der Waals surface area contributed by atoms with Crippen molar-refractivity contribution in [1.82, 2.24) is 9.78 Å². The average molecular weight is 330 g/mol. The van der Waals surface area contributed by atoms with Crippen LogP contribution in [-0.4, -0.2) is 9.78 Å². The molecule has 1 aromatic heterocycles. The highest BCUT2D eigenvalue weighted by Crippen LogP contribution is 2.24. The zero-order valence-corrected chi connectivity index (χ0v) is 12.2. The number of nitrogens with zero attached hydrogens (tertiary/aromatic N) is 2. The molecule has 0 aliphatic heterocycles. The van der Waals surface area contributed by atoms with Gasteiger partial charge in [0.2, 0.25) is 5.43 Å². The average Bonchev–Trinajstić information content (AvgIpc) is 2.47. The predicted molar refractivity (Wildman–Crippen MR) is 83.7 cm³/mol. The number of aromatic nitrogens is 2. The smallest absolute Gasteiger partial charge is 0.207 e. The van der Waals surface area contributed by atoms with Crippen LogP contribution in [0.15, 0.2) is 57.9 Å². The van der Waals surface area contributed by atoms with Crippen molar-refractivity contribution in [1.29, 1.82) is 0 Å². The molecule has 3 rings (SSSR count). The molecule has 0 saturated heterocycles. The minimum atomic E-state index is -0.0662. The predicted octanol–water partition coefficient (Wildman–Crippen LogP) is 2.79. The summed E-state index contributed by atoms with van der Waals surface area (Å²) in [4.78, 5) is 11.8. The van der Waals surface area contributed by atoms with E-state index in [9.17, 15) is 4.79 Å². The molecule has 0 saturated carbocycles. The number of nitrogens with two attached hydrogens (primary N) is 1. The van der Waals surface area contributed by atoms with Crippen molar-refractivity contribution in [2.75, 3.05) is 5.73 Å². The first-order chi connectivity index (χ1) is 9.66. The number of fused-ring (bicyclic) bond motifs is 1. The van der Waals surface area contributed by atoms with Crippen molar-refractivity contribution in [3.8, 4) is 0 Å². The van der Waals surface area contributed by atoms with Crippen molar-refractivity contribution in [2.45, 2.75) is 6.54 Å². The van der Waals surface area contributed by atoms with Gasteiger partial charge in [-0.05, 0) is 39.7 Å². The van der Waals surface area contributed by atoms with E-state index in [4.69, 9.17) is 5.73 Å². The first-order valence-corrected chi connectivity index (χ1v) is 6.94. The Morgan fingerprint density at radius 3 is 2.80 bits per heavy atom. The third-order valence-electron chi connectivity index (χ3n) is 3.19. The van der Waals surface area contributed by atoms with Crippen LogP contribution in [0.4, 0.5) is 5.69 Å². The number of rotatable bonds is 2. The molecule has 0 fully saturated rings. The quantitative estimate of drug-likeness (QED) is 0.735.